The van der Waals surface area contributed by atoms with Crippen molar-refractivity contribution in [1.82, 2.24) is 15.5 Å². The van der Waals surface area contributed by atoms with E-state index in [1.54, 1.807) is 27.7 Å². The first-order valence-electron chi connectivity index (χ1n) is 14.0. The summed E-state index contributed by atoms with van der Waals surface area (Å²) in [4.78, 5) is 53.7. The lowest BCUT2D eigenvalue weighted by atomic mass is 9.94. The van der Waals surface area contributed by atoms with Crippen molar-refractivity contribution in [2.45, 2.75) is 105 Å². The summed E-state index contributed by atoms with van der Waals surface area (Å²) < 4.78 is 10.3. The lowest BCUT2D eigenvalue weighted by Gasteiger charge is -2.39. The third-order valence-electron chi connectivity index (χ3n) is 6.24. The maximum atomic E-state index is 14.1. The van der Waals surface area contributed by atoms with Crippen molar-refractivity contribution in [1.29, 1.82) is 0 Å². The average molecular weight is 564 g/mol. The summed E-state index contributed by atoms with van der Waals surface area (Å²) in [5, 5.41) is 15.4. The summed E-state index contributed by atoms with van der Waals surface area (Å²) in [5.41, 5.74) is 1.60. The third kappa shape index (κ3) is 11.5. The van der Waals surface area contributed by atoms with E-state index in [0.717, 1.165) is 17.5 Å². The molecule has 0 heterocycles. The summed E-state index contributed by atoms with van der Waals surface area (Å²) in [6, 6.07) is 2.77. The van der Waals surface area contributed by atoms with Gasteiger partial charge in [-0.05, 0) is 78.4 Å². The summed E-state index contributed by atoms with van der Waals surface area (Å²) in [5.74, 6) is -1.18. The maximum absolute atomic E-state index is 14.1. The molecule has 0 aliphatic heterocycles. The summed E-state index contributed by atoms with van der Waals surface area (Å²) in [7, 11) is 0. The molecule has 1 rings (SSSR count). The van der Waals surface area contributed by atoms with Gasteiger partial charge in [-0.3, -0.25) is 14.4 Å². The van der Waals surface area contributed by atoms with Crippen LogP contribution in [-0.2, 0) is 23.9 Å². The molecule has 3 amide bonds. The van der Waals surface area contributed by atoms with Crippen LogP contribution in [0.4, 0.5) is 4.79 Å². The number of amides is 3. The number of nitrogens with zero attached hydrogens (tertiary/aromatic N) is 1. The van der Waals surface area contributed by atoms with Crippen molar-refractivity contribution < 1.29 is 33.8 Å². The van der Waals surface area contributed by atoms with Gasteiger partial charge in [-0.2, -0.15) is 0 Å². The Bertz CT molecular complexity index is 1000. The fourth-order valence-electron chi connectivity index (χ4n) is 4.30. The minimum absolute atomic E-state index is 0.0184. The first-order valence-corrected chi connectivity index (χ1v) is 14.0. The van der Waals surface area contributed by atoms with Crippen LogP contribution in [0.2, 0.25) is 0 Å². The lowest BCUT2D eigenvalue weighted by molar-refractivity contribution is -0.146. The van der Waals surface area contributed by atoms with Gasteiger partial charge in [-0.1, -0.05) is 37.6 Å². The summed E-state index contributed by atoms with van der Waals surface area (Å²) in [6.45, 7) is 16.2. The van der Waals surface area contributed by atoms with Gasteiger partial charge >= 0.3 is 12.1 Å². The molecule has 40 heavy (non-hydrogen) atoms. The van der Waals surface area contributed by atoms with Crippen LogP contribution in [0.25, 0.3) is 0 Å². The quantitative estimate of drug-likeness (QED) is 0.292. The smallest absolute Gasteiger partial charge is 0.408 e. The van der Waals surface area contributed by atoms with Crippen LogP contribution in [0.3, 0.4) is 0 Å². The predicted molar refractivity (Wildman–Crippen MR) is 154 cm³/mol. The topological polar surface area (TPSA) is 134 Å². The van der Waals surface area contributed by atoms with Crippen molar-refractivity contribution in [2.24, 2.45) is 5.92 Å². The number of carbonyl (C=O) groups is 4. The zero-order valence-corrected chi connectivity index (χ0v) is 25.6. The number of aryl methyl sites for hydroxylation is 2. The van der Waals surface area contributed by atoms with Crippen molar-refractivity contribution in [2.75, 3.05) is 19.8 Å². The number of aliphatic hydroxyl groups is 1. The number of benzene rings is 1. The monoisotopic (exact) mass is 563 g/mol. The van der Waals surface area contributed by atoms with E-state index in [2.05, 4.69) is 24.5 Å². The van der Waals surface area contributed by atoms with Crippen LogP contribution in [0.5, 0.6) is 0 Å². The van der Waals surface area contributed by atoms with Gasteiger partial charge in [0.2, 0.25) is 11.8 Å². The van der Waals surface area contributed by atoms with E-state index >= 15 is 0 Å². The number of nitrogens with one attached hydrogen (secondary N) is 2. The lowest BCUT2D eigenvalue weighted by Crippen LogP contribution is -2.57. The van der Waals surface area contributed by atoms with Gasteiger partial charge in [-0.15, -0.1) is 0 Å². The molecule has 3 N–H and O–H groups in total. The zero-order chi connectivity index (χ0) is 30.6. The van der Waals surface area contributed by atoms with E-state index in [-0.39, 0.29) is 19.6 Å². The summed E-state index contributed by atoms with van der Waals surface area (Å²) >= 11 is 0. The minimum Gasteiger partial charge on any atom is -0.466 e. The van der Waals surface area contributed by atoms with Gasteiger partial charge in [0.05, 0.1) is 19.6 Å². The second kappa shape index (κ2) is 16.2. The molecule has 0 saturated carbocycles. The van der Waals surface area contributed by atoms with E-state index in [1.165, 1.54) is 4.90 Å². The molecule has 0 aliphatic rings. The second-order valence-electron chi connectivity index (χ2n) is 11.6. The fraction of sp³-hybridized carbons (Fsp3) is 0.667. The Labute approximate surface area is 239 Å². The highest BCUT2D eigenvalue weighted by atomic mass is 16.6. The molecule has 0 aliphatic carbocycles. The molecule has 0 fully saturated rings. The second-order valence-corrected chi connectivity index (χ2v) is 11.6. The molecule has 0 saturated heterocycles. The molecule has 226 valence electrons. The third-order valence-corrected chi connectivity index (χ3v) is 6.24. The van der Waals surface area contributed by atoms with Gasteiger partial charge in [0, 0.05) is 12.6 Å². The van der Waals surface area contributed by atoms with Gasteiger partial charge in [0.1, 0.15) is 17.7 Å². The molecule has 0 spiro atoms. The molecule has 10 heteroatoms. The highest BCUT2D eigenvalue weighted by Gasteiger charge is 2.39. The van der Waals surface area contributed by atoms with E-state index in [9.17, 15) is 24.3 Å². The summed E-state index contributed by atoms with van der Waals surface area (Å²) in [6.07, 6.45) is 0.510. The Balaban J connectivity index is 3.53. The largest absolute Gasteiger partial charge is 0.466 e. The number of ether oxygens (including phenoxy) is 2. The average Bonchev–Trinajstić information content (AvgIpc) is 2.83. The molecule has 3 unspecified atom stereocenters. The highest BCUT2D eigenvalue weighted by molar-refractivity contribution is 5.92. The fourth-order valence-corrected chi connectivity index (χ4v) is 4.30. The van der Waals surface area contributed by atoms with Crippen LogP contribution in [-0.4, -0.2) is 71.3 Å². The van der Waals surface area contributed by atoms with E-state index < -0.39 is 54.2 Å². The Morgan fingerprint density at radius 3 is 2.23 bits per heavy atom. The first kappa shape index (κ1) is 34.9. The van der Waals surface area contributed by atoms with Gasteiger partial charge in [0.25, 0.3) is 0 Å². The Hall–Kier alpha value is -3.14. The van der Waals surface area contributed by atoms with Crippen molar-refractivity contribution >= 4 is 23.9 Å². The van der Waals surface area contributed by atoms with Gasteiger partial charge in [0.15, 0.2) is 0 Å². The maximum Gasteiger partial charge on any atom is 0.408 e. The van der Waals surface area contributed by atoms with Crippen molar-refractivity contribution in [3.63, 3.8) is 0 Å². The van der Waals surface area contributed by atoms with Crippen LogP contribution in [0, 0.1) is 19.8 Å². The van der Waals surface area contributed by atoms with Crippen LogP contribution < -0.4 is 10.6 Å². The molecule has 1 aromatic carbocycles. The van der Waals surface area contributed by atoms with Crippen molar-refractivity contribution in [3.8, 4) is 0 Å². The number of carbonyl (C=O) groups excluding carboxylic acids is 4. The van der Waals surface area contributed by atoms with Crippen LogP contribution in [0.15, 0.2) is 18.2 Å². The number of rotatable bonds is 14. The zero-order valence-electron chi connectivity index (χ0n) is 25.6. The van der Waals surface area contributed by atoms with Gasteiger partial charge in [-0.25, -0.2) is 4.79 Å². The first-order chi connectivity index (χ1) is 18.6. The number of aliphatic hydroxyl groups excluding tert-OH is 1. The van der Waals surface area contributed by atoms with E-state index in [4.69, 9.17) is 9.47 Å². The Morgan fingerprint density at radius 2 is 1.70 bits per heavy atom. The predicted octanol–water partition coefficient (Wildman–Crippen LogP) is 3.95. The SMILES string of the molecule is CCOC(=O)CCNC(=O)C(c1ccc(C)cc1C)N(C(=O)C(CO)NC(=O)OC(C)(C)C)C(C)CCC(C)C. The van der Waals surface area contributed by atoms with Crippen LogP contribution in [0.1, 0.15) is 90.5 Å². The molecule has 0 bridgehead atoms. The molecule has 3 atom stereocenters. The molecule has 10 nitrogen and oxygen atoms in total. The molecule has 1 aromatic rings. The molecule has 0 radical (unpaired) electrons. The van der Waals surface area contributed by atoms with E-state index in [0.29, 0.717) is 17.9 Å². The minimum atomic E-state index is -1.34. The van der Waals surface area contributed by atoms with Crippen LogP contribution >= 0.6 is 0 Å². The number of alkyl carbamates (subject to hydrolysis) is 1. The number of hydrogen-bond acceptors (Lipinski definition) is 7. The van der Waals surface area contributed by atoms with Crippen molar-refractivity contribution in [3.05, 3.63) is 34.9 Å². The molecule has 0 aromatic heterocycles. The number of hydrogen-bond donors (Lipinski definition) is 3. The number of esters is 1. The molecular weight excluding hydrogens is 514 g/mol. The van der Waals surface area contributed by atoms with E-state index in [1.807, 2.05) is 39.0 Å². The Morgan fingerprint density at radius 1 is 1.05 bits per heavy atom. The highest BCUT2D eigenvalue weighted by Crippen LogP contribution is 2.30. The van der Waals surface area contributed by atoms with Gasteiger partial charge < -0.3 is 30.1 Å². The standard InChI is InChI=1S/C30H49N3O7/c1-10-39-25(35)15-16-31-27(36)26(23-14-12-20(4)17-21(23)5)33(22(6)13-11-19(2)3)28(37)24(18-34)32-29(38)40-30(7,8)9/h12,14,17,19,22,24,26,34H,10-11,13,15-16,18H2,1-9H3,(H,31,36)(H,32,38). The molecular formula is C30H49N3O7. The normalized spacial score (nSPS) is 13.7. The Kier molecular flexibility index (Phi) is 14.1.